The summed E-state index contributed by atoms with van der Waals surface area (Å²) in [5.41, 5.74) is 0.901. The van der Waals surface area contributed by atoms with E-state index in [0.717, 1.165) is 49.6 Å². The third-order valence-electron chi connectivity index (χ3n) is 5.23. The van der Waals surface area contributed by atoms with Gasteiger partial charge in [0, 0.05) is 31.2 Å². The summed E-state index contributed by atoms with van der Waals surface area (Å²) >= 11 is 5.95. The van der Waals surface area contributed by atoms with Gasteiger partial charge in [0.2, 0.25) is 5.91 Å². The molecule has 3 nitrogen and oxygen atoms in total. The number of hydrogen-bond donors (Lipinski definition) is 1. The molecule has 1 amide bonds. The number of benzene rings is 1. The predicted octanol–water partition coefficient (Wildman–Crippen LogP) is 2.05. The van der Waals surface area contributed by atoms with Crippen molar-refractivity contribution in [1.82, 2.24) is 10.2 Å². The zero-order valence-electron chi connectivity index (χ0n) is 11.4. The number of likely N-dealkylation sites (tertiary alicyclic amines) is 1. The number of rotatable bonds is 2. The zero-order chi connectivity index (χ0) is 13.7. The van der Waals surface area contributed by atoms with E-state index in [9.17, 15) is 4.79 Å². The maximum atomic E-state index is 12.9. The molecule has 0 spiro atoms. The zero-order valence-corrected chi connectivity index (χ0v) is 12.2. The van der Waals surface area contributed by atoms with Gasteiger partial charge in [-0.3, -0.25) is 4.79 Å². The van der Waals surface area contributed by atoms with E-state index in [4.69, 9.17) is 11.6 Å². The summed E-state index contributed by atoms with van der Waals surface area (Å²) in [6.45, 7) is 4.02. The second-order valence-electron chi connectivity index (χ2n) is 6.48. The van der Waals surface area contributed by atoms with Crippen molar-refractivity contribution < 1.29 is 4.79 Å². The maximum Gasteiger partial charge on any atom is 0.233 e. The second-order valence-corrected chi connectivity index (χ2v) is 6.91. The third kappa shape index (κ3) is 1.87. The van der Waals surface area contributed by atoms with Crippen molar-refractivity contribution in [2.75, 3.05) is 26.2 Å². The molecule has 3 aliphatic rings. The minimum atomic E-state index is -0.239. The molecule has 2 heterocycles. The van der Waals surface area contributed by atoms with Gasteiger partial charge in [-0.2, -0.15) is 0 Å². The molecule has 1 aliphatic carbocycles. The van der Waals surface area contributed by atoms with Crippen molar-refractivity contribution >= 4 is 17.5 Å². The molecule has 1 N–H and O–H groups in total. The Morgan fingerprint density at radius 1 is 1.15 bits per heavy atom. The van der Waals surface area contributed by atoms with Crippen LogP contribution < -0.4 is 5.32 Å². The fraction of sp³-hybridized carbons (Fsp3) is 0.562. The van der Waals surface area contributed by atoms with E-state index in [1.165, 1.54) is 0 Å². The highest BCUT2D eigenvalue weighted by Gasteiger charge is 2.54. The van der Waals surface area contributed by atoms with Gasteiger partial charge in [-0.05, 0) is 42.4 Å². The van der Waals surface area contributed by atoms with Crippen LogP contribution in [0.25, 0.3) is 0 Å². The normalized spacial score (nSPS) is 30.4. The first kappa shape index (κ1) is 12.7. The monoisotopic (exact) mass is 290 g/mol. The largest absolute Gasteiger partial charge is 0.341 e. The molecular weight excluding hydrogens is 272 g/mol. The van der Waals surface area contributed by atoms with Crippen LogP contribution >= 0.6 is 11.6 Å². The molecule has 0 unspecified atom stereocenters. The van der Waals surface area contributed by atoms with E-state index in [2.05, 4.69) is 10.2 Å². The minimum absolute atomic E-state index is 0.239. The fourth-order valence-electron chi connectivity index (χ4n) is 3.84. The number of nitrogens with zero attached hydrogens (tertiary/aromatic N) is 1. The molecule has 2 aliphatic heterocycles. The Morgan fingerprint density at radius 3 is 2.30 bits per heavy atom. The molecule has 106 valence electrons. The van der Waals surface area contributed by atoms with Crippen LogP contribution in [0.4, 0.5) is 0 Å². The topological polar surface area (TPSA) is 32.3 Å². The number of amides is 1. The van der Waals surface area contributed by atoms with Gasteiger partial charge < -0.3 is 10.2 Å². The highest BCUT2D eigenvalue weighted by atomic mass is 35.5. The van der Waals surface area contributed by atoms with Crippen molar-refractivity contribution in [3.05, 3.63) is 34.9 Å². The van der Waals surface area contributed by atoms with Crippen LogP contribution in [-0.4, -0.2) is 37.0 Å². The summed E-state index contributed by atoms with van der Waals surface area (Å²) in [4.78, 5) is 15.0. The highest BCUT2D eigenvalue weighted by molar-refractivity contribution is 6.30. The Bertz CT molecular complexity index is 526. The van der Waals surface area contributed by atoms with Crippen LogP contribution in [0.2, 0.25) is 5.02 Å². The van der Waals surface area contributed by atoms with Gasteiger partial charge in [0.1, 0.15) is 0 Å². The Hall–Kier alpha value is -1.06. The molecule has 0 radical (unpaired) electrons. The number of nitrogens with one attached hydrogen (secondary N) is 1. The van der Waals surface area contributed by atoms with Gasteiger partial charge in [-0.25, -0.2) is 0 Å². The Morgan fingerprint density at radius 2 is 1.75 bits per heavy atom. The smallest absolute Gasteiger partial charge is 0.233 e. The van der Waals surface area contributed by atoms with Gasteiger partial charge in [0.25, 0.3) is 0 Å². The molecular formula is C16H19ClN2O. The van der Waals surface area contributed by atoms with E-state index in [-0.39, 0.29) is 5.41 Å². The number of fused-ring (bicyclic) bond motifs is 1. The summed E-state index contributed by atoms with van der Waals surface area (Å²) in [6.07, 6.45) is 1.97. The standard InChI is InChI=1S/C16H19ClN2O/c17-14-3-1-13(2-4-14)16(5-6-16)15(20)19-9-11-7-18-8-12(11)10-19/h1-4,11-12,18H,5-10H2/t11-,12+. The van der Waals surface area contributed by atoms with E-state index >= 15 is 0 Å². The van der Waals surface area contributed by atoms with Crippen LogP contribution in [0.1, 0.15) is 18.4 Å². The van der Waals surface area contributed by atoms with Gasteiger partial charge in [-0.15, -0.1) is 0 Å². The first-order valence-corrected chi connectivity index (χ1v) is 7.83. The average molecular weight is 291 g/mol. The van der Waals surface area contributed by atoms with E-state index < -0.39 is 0 Å². The lowest BCUT2D eigenvalue weighted by Crippen LogP contribution is -2.39. The highest BCUT2D eigenvalue weighted by Crippen LogP contribution is 2.50. The molecule has 20 heavy (non-hydrogen) atoms. The van der Waals surface area contributed by atoms with E-state index in [0.29, 0.717) is 17.7 Å². The minimum Gasteiger partial charge on any atom is -0.341 e. The first-order chi connectivity index (χ1) is 9.69. The van der Waals surface area contributed by atoms with Crippen molar-refractivity contribution in [2.45, 2.75) is 18.3 Å². The van der Waals surface area contributed by atoms with Crippen molar-refractivity contribution in [2.24, 2.45) is 11.8 Å². The maximum absolute atomic E-state index is 12.9. The quantitative estimate of drug-likeness (QED) is 0.904. The van der Waals surface area contributed by atoms with Crippen LogP contribution in [0, 0.1) is 11.8 Å². The van der Waals surface area contributed by atoms with E-state index in [1.54, 1.807) is 0 Å². The Balaban J connectivity index is 1.55. The number of carbonyl (C=O) groups excluding carboxylic acids is 1. The third-order valence-corrected chi connectivity index (χ3v) is 5.48. The van der Waals surface area contributed by atoms with Gasteiger partial charge >= 0.3 is 0 Å². The lowest BCUT2D eigenvalue weighted by Gasteiger charge is -2.24. The molecule has 4 rings (SSSR count). The number of carbonyl (C=O) groups is 1. The molecule has 0 aromatic heterocycles. The lowest BCUT2D eigenvalue weighted by atomic mass is 9.94. The molecule has 1 aromatic rings. The number of halogens is 1. The van der Waals surface area contributed by atoms with Crippen LogP contribution in [-0.2, 0) is 10.2 Å². The number of hydrogen-bond acceptors (Lipinski definition) is 2. The Kier molecular flexibility index (Phi) is 2.83. The fourth-order valence-corrected chi connectivity index (χ4v) is 3.97. The SMILES string of the molecule is O=C(N1C[C@H]2CNC[C@H]2C1)C1(c2ccc(Cl)cc2)CC1. The molecule has 2 atom stereocenters. The van der Waals surface area contributed by atoms with Crippen LogP contribution in [0.5, 0.6) is 0 Å². The summed E-state index contributed by atoms with van der Waals surface area (Å²) < 4.78 is 0. The molecule has 1 saturated carbocycles. The second kappa shape index (κ2) is 4.47. The predicted molar refractivity (Wildman–Crippen MR) is 78.8 cm³/mol. The van der Waals surface area contributed by atoms with Crippen LogP contribution in [0.3, 0.4) is 0 Å². The first-order valence-electron chi connectivity index (χ1n) is 7.45. The van der Waals surface area contributed by atoms with Crippen molar-refractivity contribution in [3.63, 3.8) is 0 Å². The molecule has 2 saturated heterocycles. The lowest BCUT2D eigenvalue weighted by molar-refractivity contribution is -0.133. The Labute approximate surface area is 124 Å². The van der Waals surface area contributed by atoms with Crippen molar-refractivity contribution in [3.8, 4) is 0 Å². The summed E-state index contributed by atoms with van der Waals surface area (Å²) in [7, 11) is 0. The molecule has 1 aromatic carbocycles. The van der Waals surface area contributed by atoms with Gasteiger partial charge in [0.05, 0.1) is 5.41 Å². The van der Waals surface area contributed by atoms with Crippen molar-refractivity contribution in [1.29, 1.82) is 0 Å². The van der Waals surface area contributed by atoms with Gasteiger partial charge in [0.15, 0.2) is 0 Å². The van der Waals surface area contributed by atoms with Gasteiger partial charge in [-0.1, -0.05) is 23.7 Å². The van der Waals surface area contributed by atoms with Crippen LogP contribution in [0.15, 0.2) is 24.3 Å². The summed E-state index contributed by atoms with van der Waals surface area (Å²) in [5.74, 6) is 1.68. The summed E-state index contributed by atoms with van der Waals surface area (Å²) in [6, 6.07) is 7.83. The van der Waals surface area contributed by atoms with E-state index in [1.807, 2.05) is 24.3 Å². The summed E-state index contributed by atoms with van der Waals surface area (Å²) in [5, 5.41) is 4.16. The molecule has 3 fully saturated rings. The molecule has 4 heteroatoms. The average Bonchev–Trinajstić information content (AvgIpc) is 2.97. The molecule has 0 bridgehead atoms.